The van der Waals surface area contributed by atoms with Crippen LogP contribution in [0.1, 0.15) is 29.4 Å². The van der Waals surface area contributed by atoms with Gasteiger partial charge in [-0.25, -0.2) is 0 Å². The average Bonchev–Trinajstić information content (AvgIpc) is 2.85. The Hall–Kier alpha value is -2.66. The minimum absolute atomic E-state index is 0.00376. The smallest absolute Gasteiger partial charge is 0.358 e. The summed E-state index contributed by atoms with van der Waals surface area (Å²) in [4.78, 5) is 26.4. The first-order valence-electron chi connectivity index (χ1n) is 6.04. The number of carbonyl (C=O) groups excluding carboxylic acids is 1. The first kappa shape index (κ1) is 14.7. The molecule has 0 saturated heterocycles. The summed E-state index contributed by atoms with van der Waals surface area (Å²) in [6.07, 6.45) is 1.98. The van der Waals surface area contributed by atoms with Gasteiger partial charge in [0, 0.05) is 6.54 Å². The maximum Gasteiger partial charge on any atom is 0.361 e. The van der Waals surface area contributed by atoms with Crippen LogP contribution in [-0.4, -0.2) is 26.8 Å². The molecule has 2 aromatic rings. The number of nitro groups is 1. The van der Waals surface area contributed by atoms with Crippen LogP contribution in [0.5, 0.6) is 0 Å². The second-order valence-electron chi connectivity index (χ2n) is 4.15. The van der Waals surface area contributed by atoms with E-state index in [1.54, 1.807) is 0 Å². The van der Waals surface area contributed by atoms with E-state index in [2.05, 4.69) is 10.3 Å². The summed E-state index contributed by atoms with van der Waals surface area (Å²) in [7, 11) is 0. The molecule has 0 radical (unpaired) electrons. The number of hydrogen-bond donors (Lipinski definition) is 1. The molecule has 21 heavy (non-hydrogen) atoms. The molecule has 0 aliphatic heterocycles. The van der Waals surface area contributed by atoms with Gasteiger partial charge in [-0.05, 0) is 17.4 Å². The lowest BCUT2D eigenvalue weighted by atomic mass is 10.3. The SMILES string of the molecule is CCCNC(=O)c1nc2c(Cl)c(C#N)ccn2c1[N+](=O)[O-]. The number of rotatable bonds is 4. The van der Waals surface area contributed by atoms with E-state index in [0.29, 0.717) is 13.0 Å². The number of carbonyl (C=O) groups is 1. The Morgan fingerprint density at radius 3 is 2.95 bits per heavy atom. The predicted octanol–water partition coefficient (Wildman–Crippen LogP) is 1.91. The van der Waals surface area contributed by atoms with Crippen LogP contribution < -0.4 is 5.32 Å². The van der Waals surface area contributed by atoms with Gasteiger partial charge < -0.3 is 15.4 Å². The fourth-order valence-corrected chi connectivity index (χ4v) is 2.04. The second kappa shape index (κ2) is 5.76. The van der Waals surface area contributed by atoms with E-state index in [0.717, 1.165) is 4.40 Å². The van der Waals surface area contributed by atoms with Gasteiger partial charge in [0.1, 0.15) is 11.1 Å². The van der Waals surface area contributed by atoms with Crippen LogP contribution >= 0.6 is 11.6 Å². The molecule has 8 nitrogen and oxygen atoms in total. The first-order chi connectivity index (χ1) is 10.0. The molecule has 2 heterocycles. The van der Waals surface area contributed by atoms with Crippen molar-refractivity contribution in [1.82, 2.24) is 14.7 Å². The molecule has 0 fully saturated rings. The van der Waals surface area contributed by atoms with Crippen LogP contribution in [0.3, 0.4) is 0 Å². The molecule has 0 aliphatic rings. The summed E-state index contributed by atoms with van der Waals surface area (Å²) in [6.45, 7) is 2.23. The number of fused-ring (bicyclic) bond motifs is 1. The predicted molar refractivity (Wildman–Crippen MR) is 74.2 cm³/mol. The fraction of sp³-hybridized carbons (Fsp3) is 0.250. The van der Waals surface area contributed by atoms with Crippen molar-refractivity contribution in [2.24, 2.45) is 0 Å². The van der Waals surface area contributed by atoms with Crippen LogP contribution in [0.4, 0.5) is 5.82 Å². The first-order valence-corrected chi connectivity index (χ1v) is 6.42. The Morgan fingerprint density at radius 1 is 1.67 bits per heavy atom. The van der Waals surface area contributed by atoms with Crippen LogP contribution in [-0.2, 0) is 0 Å². The van der Waals surface area contributed by atoms with Crippen molar-refractivity contribution in [1.29, 1.82) is 5.26 Å². The van der Waals surface area contributed by atoms with E-state index in [9.17, 15) is 14.9 Å². The van der Waals surface area contributed by atoms with Crippen molar-refractivity contribution in [3.63, 3.8) is 0 Å². The van der Waals surface area contributed by atoms with Gasteiger partial charge >= 0.3 is 5.82 Å². The molecule has 9 heteroatoms. The van der Waals surface area contributed by atoms with E-state index in [4.69, 9.17) is 16.9 Å². The molecule has 0 aliphatic carbocycles. The number of nitrogens with zero attached hydrogens (tertiary/aromatic N) is 4. The van der Waals surface area contributed by atoms with Crippen molar-refractivity contribution in [3.05, 3.63) is 38.7 Å². The lowest BCUT2D eigenvalue weighted by Gasteiger charge is -2.00. The maximum atomic E-state index is 12.0. The van der Waals surface area contributed by atoms with Crippen LogP contribution in [0, 0.1) is 21.4 Å². The molecule has 0 spiro atoms. The van der Waals surface area contributed by atoms with E-state index in [1.807, 2.05) is 13.0 Å². The topological polar surface area (TPSA) is 113 Å². The Bertz CT molecular complexity index is 777. The lowest BCUT2D eigenvalue weighted by Crippen LogP contribution is -2.25. The highest BCUT2D eigenvalue weighted by Crippen LogP contribution is 2.27. The third kappa shape index (κ3) is 2.51. The molecule has 2 rings (SSSR count). The molecule has 2 aromatic heterocycles. The summed E-state index contributed by atoms with van der Waals surface area (Å²) in [5, 5.41) is 22.6. The molecule has 0 bridgehead atoms. The number of pyridine rings is 1. The van der Waals surface area contributed by atoms with Crippen LogP contribution in [0.25, 0.3) is 5.65 Å². The third-order valence-electron chi connectivity index (χ3n) is 2.75. The number of aromatic nitrogens is 2. The normalized spacial score (nSPS) is 10.3. The van der Waals surface area contributed by atoms with Gasteiger partial charge in [0.15, 0.2) is 0 Å². The minimum atomic E-state index is -0.705. The molecule has 0 aromatic carbocycles. The molecule has 0 saturated carbocycles. The number of imidazole rings is 1. The highest BCUT2D eigenvalue weighted by molar-refractivity contribution is 6.34. The molecule has 108 valence electrons. The zero-order chi connectivity index (χ0) is 15.6. The maximum absolute atomic E-state index is 12.0. The summed E-state index contributed by atoms with van der Waals surface area (Å²) in [5.74, 6) is -1.13. The van der Waals surface area contributed by atoms with Gasteiger partial charge in [0.2, 0.25) is 11.3 Å². The van der Waals surface area contributed by atoms with Crippen LogP contribution in [0.2, 0.25) is 5.02 Å². The van der Waals surface area contributed by atoms with E-state index < -0.39 is 16.6 Å². The van der Waals surface area contributed by atoms with Crippen LogP contribution in [0.15, 0.2) is 12.3 Å². The van der Waals surface area contributed by atoms with Gasteiger partial charge in [0.05, 0.1) is 11.8 Å². The quantitative estimate of drug-likeness (QED) is 0.684. The van der Waals surface area contributed by atoms with E-state index >= 15 is 0 Å². The Morgan fingerprint density at radius 2 is 2.38 bits per heavy atom. The molecular formula is C12H10ClN5O3. The average molecular weight is 308 g/mol. The Balaban J connectivity index is 2.68. The van der Waals surface area contributed by atoms with Crippen molar-refractivity contribution < 1.29 is 9.72 Å². The fourth-order valence-electron chi connectivity index (χ4n) is 1.80. The minimum Gasteiger partial charge on any atom is -0.358 e. The van der Waals surface area contributed by atoms with Gasteiger partial charge in [-0.2, -0.15) is 14.6 Å². The highest BCUT2D eigenvalue weighted by Gasteiger charge is 2.29. The Labute approximate surface area is 124 Å². The number of nitrogens with one attached hydrogen (secondary N) is 1. The van der Waals surface area contributed by atoms with E-state index in [1.165, 1.54) is 12.3 Å². The molecule has 1 N–H and O–H groups in total. The monoisotopic (exact) mass is 307 g/mol. The largest absolute Gasteiger partial charge is 0.361 e. The van der Waals surface area contributed by atoms with Crippen molar-refractivity contribution in [2.75, 3.05) is 6.54 Å². The molecule has 1 amide bonds. The summed E-state index contributed by atoms with van der Waals surface area (Å²) in [6, 6.07) is 3.18. The number of halogens is 1. The van der Waals surface area contributed by atoms with Gasteiger partial charge in [-0.1, -0.05) is 18.5 Å². The molecular weight excluding hydrogens is 298 g/mol. The Kier molecular flexibility index (Phi) is 4.05. The van der Waals surface area contributed by atoms with Crippen molar-refractivity contribution in [3.8, 4) is 6.07 Å². The third-order valence-corrected chi connectivity index (χ3v) is 3.13. The van der Waals surface area contributed by atoms with Crippen molar-refractivity contribution in [2.45, 2.75) is 13.3 Å². The second-order valence-corrected chi connectivity index (χ2v) is 4.52. The van der Waals surface area contributed by atoms with Crippen molar-refractivity contribution >= 4 is 29.0 Å². The molecule has 0 atom stereocenters. The molecule has 0 unspecified atom stereocenters. The summed E-state index contributed by atoms with van der Waals surface area (Å²) < 4.78 is 1.09. The van der Waals surface area contributed by atoms with Gasteiger partial charge in [0.25, 0.3) is 5.91 Å². The van der Waals surface area contributed by atoms with E-state index in [-0.39, 0.29) is 21.9 Å². The zero-order valence-electron chi connectivity index (χ0n) is 11.0. The summed E-state index contributed by atoms with van der Waals surface area (Å²) in [5.41, 5.74) is -0.195. The lowest BCUT2D eigenvalue weighted by molar-refractivity contribution is -0.390. The number of hydrogen-bond acceptors (Lipinski definition) is 5. The van der Waals surface area contributed by atoms with Gasteiger partial charge in [-0.15, -0.1) is 0 Å². The van der Waals surface area contributed by atoms with Gasteiger partial charge in [-0.3, -0.25) is 4.79 Å². The number of nitriles is 1. The standard InChI is InChI=1S/C12H10ClN5O3/c1-2-4-15-11(19)9-12(18(20)21)17-5-3-7(6-14)8(13)10(17)16-9/h3,5H,2,4H2,1H3,(H,15,19). The highest BCUT2D eigenvalue weighted by atomic mass is 35.5. The number of amides is 1. The summed E-state index contributed by atoms with van der Waals surface area (Å²) >= 11 is 5.98. The zero-order valence-corrected chi connectivity index (χ0v) is 11.7.